The van der Waals surface area contributed by atoms with Crippen LogP contribution < -0.4 is 29.6 Å². The third-order valence-corrected chi connectivity index (χ3v) is 4.78. The number of carbonyl (C=O) groups is 1. The first-order valence-corrected chi connectivity index (χ1v) is 9.61. The summed E-state index contributed by atoms with van der Waals surface area (Å²) in [5.74, 6) is 1.17. The largest absolute Gasteiger partial charge is 1.00 e. The number of nitrogens with zero attached hydrogens (tertiary/aromatic N) is 4. The molecule has 0 saturated carbocycles. The molecule has 4 aromatic rings. The molecule has 2 aromatic carbocycles. The predicted molar refractivity (Wildman–Crippen MR) is 120 cm³/mol. The van der Waals surface area contributed by atoms with E-state index in [1.165, 1.54) is 12.8 Å². The van der Waals surface area contributed by atoms with Crippen LogP contribution >= 0.6 is 0 Å². The molecule has 7 nitrogen and oxygen atoms in total. The molecular formula is C22H27BN4NaO3. The SMILES string of the molecule is C1CCOC1.Cn1c(C=O)nc2ccccc21.Cn1c(CO)nc2ccccc21.[B].[H-].[Na+]. The molecule has 1 saturated heterocycles. The van der Waals surface area contributed by atoms with Crippen molar-refractivity contribution in [3.8, 4) is 0 Å². The average Bonchev–Trinajstić information content (AvgIpc) is 3.50. The van der Waals surface area contributed by atoms with Crippen LogP contribution in [0, 0.1) is 0 Å². The Labute approximate surface area is 207 Å². The molecule has 0 spiro atoms. The van der Waals surface area contributed by atoms with Gasteiger partial charge >= 0.3 is 29.6 Å². The minimum absolute atomic E-state index is 0. The topological polar surface area (TPSA) is 82.2 Å². The molecule has 3 radical (unpaired) electrons. The van der Waals surface area contributed by atoms with Crippen molar-refractivity contribution in [3.05, 3.63) is 60.2 Å². The van der Waals surface area contributed by atoms with E-state index in [0.29, 0.717) is 11.6 Å². The van der Waals surface area contributed by atoms with Gasteiger partial charge in [-0.05, 0) is 37.1 Å². The van der Waals surface area contributed by atoms with Crippen LogP contribution in [0.15, 0.2) is 48.5 Å². The Hall–Kier alpha value is -1.97. The Bertz CT molecular complexity index is 1090. The summed E-state index contributed by atoms with van der Waals surface area (Å²) in [6.45, 7) is 1.99. The molecule has 9 heteroatoms. The van der Waals surface area contributed by atoms with Crippen LogP contribution in [-0.2, 0) is 25.4 Å². The van der Waals surface area contributed by atoms with Gasteiger partial charge in [-0.3, -0.25) is 4.79 Å². The normalized spacial score (nSPS) is 12.1. The van der Waals surface area contributed by atoms with E-state index >= 15 is 0 Å². The smallest absolute Gasteiger partial charge is 1.00 e. The molecule has 0 amide bonds. The van der Waals surface area contributed by atoms with Crippen LogP contribution in [0.3, 0.4) is 0 Å². The monoisotopic (exact) mass is 429 g/mol. The Morgan fingerprint density at radius 3 is 1.90 bits per heavy atom. The number of aromatic nitrogens is 4. The van der Waals surface area contributed by atoms with Crippen molar-refractivity contribution in [3.63, 3.8) is 0 Å². The van der Waals surface area contributed by atoms with Crippen LogP contribution in [0.25, 0.3) is 22.1 Å². The van der Waals surface area contributed by atoms with Crippen molar-refractivity contribution in [1.29, 1.82) is 0 Å². The van der Waals surface area contributed by atoms with Gasteiger partial charge in [0.05, 0.1) is 22.1 Å². The second kappa shape index (κ2) is 13.4. The minimum atomic E-state index is -0.00875. The molecule has 5 rings (SSSR count). The van der Waals surface area contributed by atoms with Crippen molar-refractivity contribution in [2.24, 2.45) is 14.1 Å². The summed E-state index contributed by atoms with van der Waals surface area (Å²) in [7, 11) is 3.74. The molecule has 2 aromatic heterocycles. The van der Waals surface area contributed by atoms with Crippen LogP contribution in [0.4, 0.5) is 0 Å². The molecule has 1 fully saturated rings. The number of carbonyl (C=O) groups excluding carboxylic acids is 1. The van der Waals surface area contributed by atoms with E-state index in [0.717, 1.165) is 41.6 Å². The van der Waals surface area contributed by atoms with Crippen molar-refractivity contribution in [2.45, 2.75) is 19.4 Å². The number of aliphatic hydroxyl groups excluding tert-OH is 1. The van der Waals surface area contributed by atoms with Crippen molar-refractivity contribution < 1.29 is 45.6 Å². The number of hydrogen-bond donors (Lipinski definition) is 1. The van der Waals surface area contributed by atoms with Gasteiger partial charge in [-0.1, -0.05) is 24.3 Å². The summed E-state index contributed by atoms with van der Waals surface area (Å²) in [6.07, 6.45) is 3.32. The van der Waals surface area contributed by atoms with E-state index in [1.807, 2.05) is 67.2 Å². The number of aliphatic hydroxyl groups is 1. The predicted octanol–water partition coefficient (Wildman–Crippen LogP) is -0.0161. The fraction of sp³-hybridized carbons (Fsp3) is 0.318. The van der Waals surface area contributed by atoms with Gasteiger partial charge in [0.1, 0.15) is 12.4 Å². The molecule has 157 valence electrons. The molecule has 0 atom stereocenters. The van der Waals surface area contributed by atoms with Gasteiger partial charge in [-0.25, -0.2) is 9.97 Å². The van der Waals surface area contributed by atoms with E-state index in [2.05, 4.69) is 9.97 Å². The fourth-order valence-corrected chi connectivity index (χ4v) is 3.12. The Kier molecular flexibility index (Phi) is 11.7. The summed E-state index contributed by atoms with van der Waals surface area (Å²) in [4.78, 5) is 18.9. The number of benzene rings is 2. The van der Waals surface area contributed by atoms with Crippen LogP contribution in [0.2, 0.25) is 0 Å². The number of aryl methyl sites for hydroxylation is 2. The maximum Gasteiger partial charge on any atom is 1.00 e. The van der Waals surface area contributed by atoms with Crippen LogP contribution in [-0.4, -0.2) is 52.1 Å². The summed E-state index contributed by atoms with van der Waals surface area (Å²) < 4.78 is 8.62. The quantitative estimate of drug-likeness (QED) is 0.358. The summed E-state index contributed by atoms with van der Waals surface area (Å²) in [6, 6.07) is 15.5. The van der Waals surface area contributed by atoms with Crippen molar-refractivity contribution >= 4 is 36.8 Å². The third-order valence-electron chi connectivity index (χ3n) is 4.78. The van der Waals surface area contributed by atoms with Gasteiger partial charge in [0.25, 0.3) is 0 Å². The number of rotatable bonds is 2. The van der Waals surface area contributed by atoms with Crippen molar-refractivity contribution in [1.82, 2.24) is 19.1 Å². The van der Waals surface area contributed by atoms with Gasteiger partial charge < -0.3 is 20.4 Å². The van der Waals surface area contributed by atoms with E-state index in [9.17, 15) is 4.79 Å². The molecular weight excluding hydrogens is 402 g/mol. The third kappa shape index (κ3) is 6.76. The zero-order valence-corrected chi connectivity index (χ0v) is 20.4. The molecule has 1 aliphatic heterocycles. The van der Waals surface area contributed by atoms with Crippen LogP contribution in [0.1, 0.15) is 30.7 Å². The Morgan fingerprint density at radius 2 is 1.48 bits per heavy atom. The summed E-state index contributed by atoms with van der Waals surface area (Å²) in [5, 5.41) is 8.94. The maximum atomic E-state index is 10.5. The van der Waals surface area contributed by atoms with E-state index in [1.54, 1.807) is 4.57 Å². The Balaban J connectivity index is 0.000000460. The van der Waals surface area contributed by atoms with E-state index < -0.39 is 0 Å². The fourth-order valence-electron chi connectivity index (χ4n) is 3.12. The molecule has 1 N–H and O–H groups in total. The molecule has 1 aliphatic rings. The van der Waals surface area contributed by atoms with Gasteiger partial charge in [0.2, 0.25) is 0 Å². The van der Waals surface area contributed by atoms with Gasteiger partial charge in [-0.15, -0.1) is 0 Å². The molecule has 0 unspecified atom stereocenters. The number of imidazole rings is 2. The second-order valence-corrected chi connectivity index (χ2v) is 6.69. The molecule has 3 heterocycles. The standard InChI is InChI=1S/C9H10N2O.C9H8N2O.C4H8O.B.Na.H/c2*1-11-8-5-3-2-4-7(8)10-9(11)6-12;1-2-4-5-3-1;;;/h2-5,12H,6H2,1H3;2-6H,1H3;1-4H2;;;/q;;;;+1;-1. The Morgan fingerprint density at radius 1 is 0.968 bits per heavy atom. The maximum absolute atomic E-state index is 10.5. The second-order valence-electron chi connectivity index (χ2n) is 6.69. The summed E-state index contributed by atoms with van der Waals surface area (Å²) >= 11 is 0. The zero-order chi connectivity index (χ0) is 20.6. The number of ether oxygens (including phenoxy) is 1. The first-order valence-electron chi connectivity index (χ1n) is 9.61. The number of aldehydes is 1. The number of para-hydroxylation sites is 4. The molecule has 0 bridgehead atoms. The number of fused-ring (bicyclic) bond motifs is 2. The van der Waals surface area contributed by atoms with E-state index in [4.69, 9.17) is 9.84 Å². The summed E-state index contributed by atoms with van der Waals surface area (Å²) in [5.41, 5.74) is 3.84. The minimum Gasteiger partial charge on any atom is -1.00 e. The average molecular weight is 429 g/mol. The van der Waals surface area contributed by atoms with Crippen molar-refractivity contribution in [2.75, 3.05) is 13.2 Å². The van der Waals surface area contributed by atoms with Crippen LogP contribution in [0.5, 0.6) is 0 Å². The van der Waals surface area contributed by atoms with Gasteiger partial charge in [-0.2, -0.15) is 0 Å². The van der Waals surface area contributed by atoms with Gasteiger partial charge in [0, 0.05) is 35.7 Å². The zero-order valence-electron chi connectivity index (χ0n) is 19.4. The van der Waals surface area contributed by atoms with Gasteiger partial charge in [0.15, 0.2) is 12.1 Å². The first kappa shape index (κ1) is 27.1. The molecule has 0 aliphatic carbocycles. The number of hydrogen-bond acceptors (Lipinski definition) is 5. The first-order chi connectivity index (χ1) is 14.2. The molecule has 31 heavy (non-hydrogen) atoms. The van der Waals surface area contributed by atoms with E-state index in [-0.39, 0.29) is 46.0 Å².